The first-order valence-corrected chi connectivity index (χ1v) is 7.64. The second-order valence-electron chi connectivity index (χ2n) is 5.40. The Hall–Kier alpha value is -2.88. The van der Waals surface area contributed by atoms with Gasteiger partial charge in [-0.05, 0) is 37.6 Å². The molecule has 0 fully saturated rings. The van der Waals surface area contributed by atoms with E-state index in [1.54, 1.807) is 6.92 Å². The highest BCUT2D eigenvalue weighted by molar-refractivity contribution is 5.64. The Morgan fingerprint density at radius 1 is 0.913 bits per heavy atom. The van der Waals surface area contributed by atoms with Crippen LogP contribution in [0.1, 0.15) is 18.3 Å². The van der Waals surface area contributed by atoms with Crippen molar-refractivity contribution in [3.8, 4) is 22.5 Å². The molecule has 0 saturated carbocycles. The number of hydrogen-bond acceptors (Lipinski definition) is 2. The fourth-order valence-corrected chi connectivity index (χ4v) is 2.88. The Balaban J connectivity index is 2.41. The number of benzene rings is 2. The molecule has 0 atom stereocenters. The van der Waals surface area contributed by atoms with Crippen LogP contribution in [0.2, 0.25) is 0 Å². The lowest BCUT2D eigenvalue weighted by atomic mass is 10.0. The molecule has 0 unspecified atom stereocenters. The molecule has 4 nitrogen and oxygen atoms in total. The molecule has 2 aromatic carbocycles. The molecule has 0 radical (unpaired) electrons. The summed E-state index contributed by atoms with van der Waals surface area (Å²) < 4.78 is 1.78. The monoisotopic (exact) mass is 306 g/mol. The third-order valence-electron chi connectivity index (χ3n) is 4.00. The van der Waals surface area contributed by atoms with Crippen molar-refractivity contribution in [1.82, 2.24) is 4.73 Å². The van der Waals surface area contributed by atoms with Crippen molar-refractivity contribution in [3.63, 3.8) is 0 Å². The SMILES string of the molecule is CCc1c(-c2ccccc2)[n+](=O)c(-c2ccccc2)c(C)n1[O-]. The normalized spacial score (nSPS) is 10.7. The first kappa shape index (κ1) is 15.0. The molecule has 4 heteroatoms. The zero-order valence-corrected chi connectivity index (χ0v) is 13.2. The molecule has 23 heavy (non-hydrogen) atoms. The van der Waals surface area contributed by atoms with Crippen LogP contribution < -0.4 is 4.43 Å². The zero-order valence-electron chi connectivity index (χ0n) is 13.2. The van der Waals surface area contributed by atoms with E-state index >= 15 is 0 Å². The Morgan fingerprint density at radius 3 is 1.87 bits per heavy atom. The molecular formula is C19H18N2O2. The van der Waals surface area contributed by atoms with Crippen LogP contribution in [0.5, 0.6) is 0 Å². The van der Waals surface area contributed by atoms with Crippen molar-refractivity contribution in [1.29, 1.82) is 0 Å². The first-order valence-electron chi connectivity index (χ1n) is 7.64. The summed E-state index contributed by atoms with van der Waals surface area (Å²) in [6.07, 6.45) is 0.492. The van der Waals surface area contributed by atoms with Crippen LogP contribution in [-0.2, 0) is 6.42 Å². The van der Waals surface area contributed by atoms with Crippen LogP contribution in [0.3, 0.4) is 0 Å². The highest BCUT2D eigenvalue weighted by Crippen LogP contribution is 2.26. The lowest BCUT2D eigenvalue weighted by molar-refractivity contribution is -0.471. The van der Waals surface area contributed by atoms with Crippen molar-refractivity contribution >= 4 is 0 Å². The van der Waals surface area contributed by atoms with Crippen molar-refractivity contribution in [3.05, 3.63) is 82.2 Å². The van der Waals surface area contributed by atoms with E-state index in [0.717, 1.165) is 20.3 Å². The fourth-order valence-electron chi connectivity index (χ4n) is 2.88. The standard InChI is InChI=1S/C19H18N2O2/c1-3-17-19(16-12-8-5-9-13-16)21(23)18(14(2)20(17)22)15-10-6-4-7-11-15/h4-13H,3H2,1-2H3. The van der Waals surface area contributed by atoms with Crippen molar-refractivity contribution in [2.75, 3.05) is 0 Å². The van der Waals surface area contributed by atoms with E-state index < -0.39 is 0 Å². The predicted molar refractivity (Wildman–Crippen MR) is 91.6 cm³/mol. The van der Waals surface area contributed by atoms with Gasteiger partial charge in [-0.3, -0.25) is 0 Å². The molecule has 0 bridgehead atoms. The molecule has 0 aliphatic rings. The predicted octanol–water partition coefficient (Wildman–Crippen LogP) is 3.95. The van der Waals surface area contributed by atoms with E-state index in [0.29, 0.717) is 29.2 Å². The molecule has 0 saturated heterocycles. The van der Waals surface area contributed by atoms with Gasteiger partial charge in [0.1, 0.15) is 0 Å². The molecule has 0 aliphatic carbocycles. The lowest BCUT2D eigenvalue weighted by Crippen LogP contribution is -2.28. The number of hydrogen-bond donors (Lipinski definition) is 0. The van der Waals surface area contributed by atoms with E-state index in [1.165, 1.54) is 0 Å². The van der Waals surface area contributed by atoms with Gasteiger partial charge in [0.05, 0.1) is 26.9 Å². The van der Waals surface area contributed by atoms with Crippen LogP contribution in [0.15, 0.2) is 60.7 Å². The molecule has 3 aromatic rings. The highest BCUT2D eigenvalue weighted by atomic mass is 16.5. The summed E-state index contributed by atoms with van der Waals surface area (Å²) in [7, 11) is 0. The summed E-state index contributed by atoms with van der Waals surface area (Å²) in [5, 5.41) is 12.7. The first-order chi connectivity index (χ1) is 11.1. The van der Waals surface area contributed by atoms with Gasteiger partial charge in [0.25, 0.3) is 11.4 Å². The smallest absolute Gasteiger partial charge is 0.289 e. The van der Waals surface area contributed by atoms with E-state index in [-0.39, 0.29) is 0 Å². The van der Waals surface area contributed by atoms with Crippen molar-refractivity contribution in [2.24, 2.45) is 0 Å². The van der Waals surface area contributed by atoms with Gasteiger partial charge in [0.15, 0.2) is 0 Å². The quantitative estimate of drug-likeness (QED) is 0.688. The average molecular weight is 306 g/mol. The van der Waals surface area contributed by atoms with E-state index in [1.807, 2.05) is 67.6 Å². The average Bonchev–Trinajstić information content (AvgIpc) is 2.59. The minimum atomic E-state index is 0.400. The number of aromatic nitrogens is 2. The van der Waals surface area contributed by atoms with Crippen molar-refractivity contribution in [2.45, 2.75) is 20.3 Å². The largest absolute Gasteiger partial charge is 0.805 e. The van der Waals surface area contributed by atoms with Gasteiger partial charge in [-0.15, -0.1) is 0 Å². The molecule has 0 aliphatic heterocycles. The van der Waals surface area contributed by atoms with Crippen LogP contribution in [0.4, 0.5) is 0 Å². The van der Waals surface area contributed by atoms with Gasteiger partial charge >= 0.3 is 0 Å². The molecule has 0 N–H and O–H groups in total. The van der Waals surface area contributed by atoms with Gasteiger partial charge in [0.2, 0.25) is 0 Å². The summed E-state index contributed by atoms with van der Waals surface area (Å²) in [4.78, 5) is 13.1. The maximum Gasteiger partial charge on any atom is 0.289 e. The molecule has 0 amide bonds. The Morgan fingerprint density at radius 2 is 1.39 bits per heavy atom. The maximum absolute atomic E-state index is 13.1. The third kappa shape index (κ3) is 2.52. The highest BCUT2D eigenvalue weighted by Gasteiger charge is 2.26. The summed E-state index contributed by atoms with van der Waals surface area (Å²) in [6.45, 7) is 3.58. The molecule has 1 heterocycles. The Kier molecular flexibility index (Phi) is 3.98. The summed E-state index contributed by atoms with van der Waals surface area (Å²) >= 11 is 0. The van der Waals surface area contributed by atoms with Crippen LogP contribution in [0, 0.1) is 17.0 Å². The fraction of sp³-hybridized carbons (Fsp3) is 0.158. The Labute approximate surface area is 134 Å². The number of nitrogens with zero attached hydrogens (tertiary/aromatic N) is 2. The van der Waals surface area contributed by atoms with Crippen molar-refractivity contribution < 1.29 is 4.43 Å². The lowest BCUT2D eigenvalue weighted by Gasteiger charge is -2.20. The molecular weight excluding hydrogens is 288 g/mol. The van der Waals surface area contributed by atoms with Gasteiger partial charge in [-0.25, -0.2) is 0 Å². The van der Waals surface area contributed by atoms with E-state index in [2.05, 4.69) is 0 Å². The topological polar surface area (TPSA) is 51.0 Å². The summed E-state index contributed by atoms with van der Waals surface area (Å²) in [5.41, 5.74) is 3.22. The van der Waals surface area contributed by atoms with Crippen LogP contribution >= 0.6 is 0 Å². The molecule has 116 valence electrons. The maximum atomic E-state index is 13.1. The second kappa shape index (κ2) is 6.08. The van der Waals surface area contributed by atoms with E-state index in [4.69, 9.17) is 0 Å². The summed E-state index contributed by atoms with van der Waals surface area (Å²) in [6, 6.07) is 18.6. The molecule has 1 aromatic heterocycles. The summed E-state index contributed by atoms with van der Waals surface area (Å²) in [5.74, 6) is 0. The van der Waals surface area contributed by atoms with Gasteiger partial charge in [0, 0.05) is 4.91 Å². The molecule has 3 rings (SSSR count). The van der Waals surface area contributed by atoms with Gasteiger partial charge < -0.3 is 9.94 Å². The van der Waals surface area contributed by atoms with E-state index in [9.17, 15) is 10.1 Å². The third-order valence-corrected chi connectivity index (χ3v) is 4.00. The van der Waals surface area contributed by atoms with Crippen LogP contribution in [0.25, 0.3) is 22.5 Å². The van der Waals surface area contributed by atoms with Gasteiger partial charge in [-0.1, -0.05) is 43.3 Å². The zero-order chi connectivity index (χ0) is 16.4. The van der Waals surface area contributed by atoms with Crippen LogP contribution in [-0.4, -0.2) is 4.73 Å². The second-order valence-corrected chi connectivity index (χ2v) is 5.40. The van der Waals surface area contributed by atoms with Gasteiger partial charge in [-0.2, -0.15) is 0 Å². The minimum absolute atomic E-state index is 0.400. The Bertz CT molecular complexity index is 885. The molecule has 0 spiro atoms. The number of rotatable bonds is 3. The minimum Gasteiger partial charge on any atom is -0.805 e.